The summed E-state index contributed by atoms with van der Waals surface area (Å²) in [5, 5.41) is 19.0. The molecule has 1 aromatic heterocycles. The van der Waals surface area contributed by atoms with Crippen LogP contribution >= 0.6 is 0 Å². The van der Waals surface area contributed by atoms with Gasteiger partial charge in [-0.05, 0) is 31.2 Å². The van der Waals surface area contributed by atoms with E-state index in [0.717, 1.165) is 12.1 Å². The summed E-state index contributed by atoms with van der Waals surface area (Å²) in [5.74, 6) is -0.882. The number of carbonyl (C=O) groups is 1. The summed E-state index contributed by atoms with van der Waals surface area (Å²) in [4.78, 5) is 12.4. The molecule has 3 aromatic rings. The number of nitrogens with zero attached hydrogens (tertiary/aromatic N) is 2. The maximum atomic E-state index is 12.9. The second kappa shape index (κ2) is 8.82. The van der Waals surface area contributed by atoms with Gasteiger partial charge in [0.1, 0.15) is 17.4 Å². The Labute approximate surface area is 191 Å². The first-order valence-corrected chi connectivity index (χ1v) is 10.00. The van der Waals surface area contributed by atoms with Crippen molar-refractivity contribution in [3.8, 4) is 17.7 Å². The van der Waals surface area contributed by atoms with E-state index >= 15 is 0 Å². The Kier molecular flexibility index (Phi) is 5.89. The SMILES string of the molecule is Cc1[nH]nc2c1C(c1ccccc1OCC(=O)Nc1cccc(C(F)(F)F)c1)C(C#N)=C(N)O2. The molecule has 1 aliphatic rings. The molecule has 8 nitrogen and oxygen atoms in total. The maximum absolute atomic E-state index is 12.9. The molecule has 0 radical (unpaired) electrons. The van der Waals surface area contributed by atoms with Gasteiger partial charge in [0.25, 0.3) is 5.91 Å². The first-order valence-electron chi connectivity index (χ1n) is 10.00. The molecular weight excluding hydrogens is 451 g/mol. The Morgan fingerprint density at radius 1 is 1.29 bits per heavy atom. The van der Waals surface area contributed by atoms with Crippen LogP contribution in [-0.2, 0) is 11.0 Å². The van der Waals surface area contributed by atoms with E-state index in [0.29, 0.717) is 22.6 Å². The van der Waals surface area contributed by atoms with Crippen LogP contribution in [0, 0.1) is 18.3 Å². The van der Waals surface area contributed by atoms with E-state index in [1.807, 2.05) is 0 Å². The topological polar surface area (TPSA) is 126 Å². The number of hydrogen-bond donors (Lipinski definition) is 3. The third-order valence-corrected chi connectivity index (χ3v) is 5.19. The van der Waals surface area contributed by atoms with Crippen LogP contribution in [0.3, 0.4) is 0 Å². The molecule has 2 heterocycles. The first-order chi connectivity index (χ1) is 16.2. The number of ether oxygens (including phenoxy) is 2. The molecule has 0 spiro atoms. The quantitative estimate of drug-likeness (QED) is 0.519. The number of nitriles is 1. The number of nitrogens with two attached hydrogens (primary N) is 1. The number of benzene rings is 2. The number of rotatable bonds is 5. The van der Waals surface area contributed by atoms with E-state index in [9.17, 15) is 23.2 Å². The van der Waals surface area contributed by atoms with Crippen molar-refractivity contribution in [2.24, 2.45) is 5.73 Å². The summed E-state index contributed by atoms with van der Waals surface area (Å²) in [6.07, 6.45) is -4.53. The lowest BCUT2D eigenvalue weighted by atomic mass is 9.83. The van der Waals surface area contributed by atoms with Gasteiger partial charge >= 0.3 is 6.18 Å². The minimum Gasteiger partial charge on any atom is -0.483 e. The molecule has 11 heteroatoms. The molecule has 34 heavy (non-hydrogen) atoms. The van der Waals surface area contributed by atoms with Crippen LogP contribution in [-0.4, -0.2) is 22.7 Å². The summed E-state index contributed by atoms with van der Waals surface area (Å²) in [5.41, 5.74) is 7.02. The summed E-state index contributed by atoms with van der Waals surface area (Å²) in [6.45, 7) is 1.29. The zero-order valence-corrected chi connectivity index (χ0v) is 17.7. The molecule has 0 aliphatic carbocycles. The van der Waals surface area contributed by atoms with Gasteiger partial charge in [-0.25, -0.2) is 0 Å². The molecule has 4 rings (SSSR count). The Balaban J connectivity index is 1.57. The number of allylic oxidation sites excluding steroid dienone is 1. The Morgan fingerprint density at radius 3 is 2.79 bits per heavy atom. The zero-order valence-electron chi connectivity index (χ0n) is 17.7. The van der Waals surface area contributed by atoms with E-state index < -0.39 is 30.2 Å². The monoisotopic (exact) mass is 469 g/mol. The Morgan fingerprint density at radius 2 is 2.06 bits per heavy atom. The van der Waals surface area contributed by atoms with Gasteiger partial charge in [0.15, 0.2) is 6.61 Å². The minimum absolute atomic E-state index is 0.0118. The van der Waals surface area contributed by atoms with Crippen molar-refractivity contribution in [2.75, 3.05) is 11.9 Å². The van der Waals surface area contributed by atoms with Gasteiger partial charge in [0.2, 0.25) is 11.8 Å². The van der Waals surface area contributed by atoms with Crippen LogP contribution in [0.2, 0.25) is 0 Å². The molecule has 0 saturated heterocycles. The number of alkyl halides is 3. The van der Waals surface area contributed by atoms with E-state index in [1.165, 1.54) is 12.1 Å². The predicted octanol–water partition coefficient (Wildman–Crippen LogP) is 3.97. The van der Waals surface area contributed by atoms with Gasteiger partial charge < -0.3 is 20.5 Å². The predicted molar refractivity (Wildman–Crippen MR) is 115 cm³/mol. The van der Waals surface area contributed by atoms with Crippen LogP contribution in [0.1, 0.15) is 28.3 Å². The number of aromatic nitrogens is 2. The van der Waals surface area contributed by atoms with Gasteiger partial charge in [-0.1, -0.05) is 24.3 Å². The third kappa shape index (κ3) is 4.38. The Hall–Kier alpha value is -4.46. The zero-order chi connectivity index (χ0) is 24.5. The molecule has 0 saturated carbocycles. The van der Waals surface area contributed by atoms with Gasteiger partial charge in [0.05, 0.1) is 11.5 Å². The van der Waals surface area contributed by atoms with Crippen LogP contribution < -0.4 is 20.5 Å². The second-order valence-electron chi connectivity index (χ2n) is 7.45. The lowest BCUT2D eigenvalue weighted by Gasteiger charge is -2.25. The average molecular weight is 469 g/mol. The number of para-hydroxylation sites is 1. The first kappa shape index (κ1) is 22.7. The highest BCUT2D eigenvalue weighted by molar-refractivity contribution is 5.92. The van der Waals surface area contributed by atoms with Crippen molar-refractivity contribution in [3.05, 3.63) is 82.4 Å². The highest BCUT2D eigenvalue weighted by Crippen LogP contribution is 2.45. The standard InChI is InChI=1S/C23H18F3N5O3/c1-12-19-20(16(10-27)21(28)34-22(19)31-30-12)15-7-2-3-8-17(15)33-11-18(32)29-14-6-4-5-13(9-14)23(24,25)26/h2-9,20H,11,28H2,1H3,(H,29,32)(H,30,31). The number of aryl methyl sites for hydroxylation is 1. The number of amides is 1. The van der Waals surface area contributed by atoms with E-state index in [1.54, 1.807) is 31.2 Å². The fourth-order valence-electron chi connectivity index (χ4n) is 3.67. The number of anilines is 1. The van der Waals surface area contributed by atoms with Crippen molar-refractivity contribution >= 4 is 11.6 Å². The van der Waals surface area contributed by atoms with Crippen LogP contribution in [0.4, 0.5) is 18.9 Å². The van der Waals surface area contributed by atoms with Crippen LogP contribution in [0.15, 0.2) is 60.0 Å². The summed E-state index contributed by atoms with van der Waals surface area (Å²) in [7, 11) is 0. The van der Waals surface area contributed by atoms with Crippen molar-refractivity contribution in [2.45, 2.75) is 19.0 Å². The molecule has 174 valence electrons. The average Bonchev–Trinajstić information content (AvgIpc) is 3.16. The van der Waals surface area contributed by atoms with Gasteiger partial charge in [0, 0.05) is 22.5 Å². The van der Waals surface area contributed by atoms with Gasteiger partial charge in [-0.15, -0.1) is 5.10 Å². The number of carbonyl (C=O) groups excluding carboxylic acids is 1. The molecule has 2 aromatic carbocycles. The number of fused-ring (bicyclic) bond motifs is 1. The molecule has 0 fully saturated rings. The largest absolute Gasteiger partial charge is 0.483 e. The summed E-state index contributed by atoms with van der Waals surface area (Å²) >= 11 is 0. The number of nitrogens with one attached hydrogen (secondary N) is 2. The van der Waals surface area contributed by atoms with Crippen molar-refractivity contribution in [1.29, 1.82) is 5.26 Å². The fourth-order valence-corrected chi connectivity index (χ4v) is 3.67. The molecule has 1 atom stereocenters. The summed E-state index contributed by atoms with van der Waals surface area (Å²) in [6, 6.07) is 13.1. The normalized spacial score (nSPS) is 15.2. The van der Waals surface area contributed by atoms with E-state index in [4.69, 9.17) is 15.2 Å². The third-order valence-electron chi connectivity index (χ3n) is 5.19. The van der Waals surface area contributed by atoms with Crippen molar-refractivity contribution < 1.29 is 27.4 Å². The number of H-pyrrole nitrogens is 1. The van der Waals surface area contributed by atoms with Crippen LogP contribution in [0.5, 0.6) is 11.6 Å². The van der Waals surface area contributed by atoms with Crippen LogP contribution in [0.25, 0.3) is 0 Å². The van der Waals surface area contributed by atoms with E-state index in [-0.39, 0.29) is 23.0 Å². The number of halogens is 3. The fraction of sp³-hybridized carbons (Fsp3) is 0.174. The molecule has 1 unspecified atom stereocenters. The summed E-state index contributed by atoms with van der Waals surface area (Å²) < 4.78 is 49.9. The molecular formula is C23H18F3N5O3. The number of aromatic amines is 1. The molecule has 1 aliphatic heterocycles. The smallest absolute Gasteiger partial charge is 0.416 e. The highest BCUT2D eigenvalue weighted by Gasteiger charge is 2.36. The maximum Gasteiger partial charge on any atom is 0.416 e. The molecule has 4 N–H and O–H groups in total. The second-order valence-corrected chi connectivity index (χ2v) is 7.45. The minimum atomic E-state index is -4.53. The lowest BCUT2D eigenvalue weighted by molar-refractivity contribution is -0.137. The molecule has 1 amide bonds. The Bertz CT molecular complexity index is 1320. The lowest BCUT2D eigenvalue weighted by Crippen LogP contribution is -2.23. The molecule has 0 bridgehead atoms. The number of hydrogen-bond acceptors (Lipinski definition) is 6. The highest BCUT2D eigenvalue weighted by atomic mass is 19.4. The van der Waals surface area contributed by atoms with Gasteiger partial charge in [-0.2, -0.15) is 18.4 Å². The van der Waals surface area contributed by atoms with Crippen molar-refractivity contribution in [1.82, 2.24) is 10.2 Å². The van der Waals surface area contributed by atoms with Gasteiger partial charge in [-0.3, -0.25) is 9.89 Å². The van der Waals surface area contributed by atoms with Crippen molar-refractivity contribution in [3.63, 3.8) is 0 Å². The van der Waals surface area contributed by atoms with E-state index in [2.05, 4.69) is 21.6 Å².